The first-order valence-electron chi connectivity index (χ1n) is 10.9. The Hall–Kier alpha value is -2.97. The Kier molecular flexibility index (Phi) is 8.79. The number of carbonyl (C=O) groups excluding carboxylic acids is 2. The lowest BCUT2D eigenvalue weighted by atomic mass is 10.1. The van der Waals surface area contributed by atoms with Crippen molar-refractivity contribution in [3.63, 3.8) is 0 Å². The number of methoxy groups -OCH3 is 1. The number of nitrogens with zero attached hydrogens (tertiary/aromatic N) is 2. The number of anilines is 2. The first kappa shape index (κ1) is 24.7. The third-order valence-electron chi connectivity index (χ3n) is 5.44. The number of cyclic esters (lactones) is 1. The first-order valence-corrected chi connectivity index (χ1v) is 11.2. The Morgan fingerprint density at radius 1 is 1.09 bits per heavy atom. The molecule has 0 aromatic heterocycles. The van der Waals surface area contributed by atoms with Crippen LogP contribution < -0.4 is 20.1 Å². The highest BCUT2D eigenvalue weighted by Gasteiger charge is 2.34. The Bertz CT molecular complexity index is 911. The number of nitrogens with two attached hydrogens (primary N) is 1. The molecule has 2 aromatic carbocycles. The molecule has 8 nitrogen and oxygen atoms in total. The number of likely N-dealkylation sites (tertiary alicyclic amines) is 1. The molecule has 0 spiro atoms. The quantitative estimate of drug-likeness (QED) is 0.499. The molecule has 2 aromatic rings. The lowest BCUT2D eigenvalue weighted by Gasteiger charge is -2.33. The SMILES string of the molecule is CC(=O)Cl.COc1ccc(N2C[C@H](CN3CCC(Oc4ccc(N)cc4)CC3)OC2=O)cc1. The van der Waals surface area contributed by atoms with E-state index in [9.17, 15) is 9.59 Å². The van der Waals surface area contributed by atoms with Crippen molar-refractivity contribution >= 4 is 34.3 Å². The molecule has 2 heterocycles. The second-order valence-corrected chi connectivity index (χ2v) is 8.50. The maximum absolute atomic E-state index is 12.3. The largest absolute Gasteiger partial charge is 0.497 e. The van der Waals surface area contributed by atoms with Crippen molar-refractivity contribution in [2.24, 2.45) is 0 Å². The predicted octanol–water partition coefficient (Wildman–Crippen LogP) is 3.92. The van der Waals surface area contributed by atoms with E-state index in [4.69, 9.17) is 19.9 Å². The molecule has 33 heavy (non-hydrogen) atoms. The number of hydrogen-bond acceptors (Lipinski definition) is 7. The summed E-state index contributed by atoms with van der Waals surface area (Å²) in [4.78, 5) is 25.5. The molecule has 0 unspecified atom stereocenters. The third-order valence-corrected chi connectivity index (χ3v) is 5.44. The van der Waals surface area contributed by atoms with Crippen LogP contribution in [-0.2, 0) is 9.53 Å². The molecular weight excluding hydrogens is 446 g/mol. The molecule has 4 rings (SSSR count). The normalized spacial score (nSPS) is 18.8. The summed E-state index contributed by atoms with van der Waals surface area (Å²) >= 11 is 4.64. The van der Waals surface area contributed by atoms with Crippen LogP contribution in [0, 0.1) is 0 Å². The number of amides is 1. The van der Waals surface area contributed by atoms with E-state index in [0.717, 1.165) is 55.3 Å². The summed E-state index contributed by atoms with van der Waals surface area (Å²) < 4.78 is 16.8. The van der Waals surface area contributed by atoms with Gasteiger partial charge in [0.1, 0.15) is 23.7 Å². The number of carbonyl (C=O) groups is 2. The van der Waals surface area contributed by atoms with Crippen LogP contribution in [0.2, 0.25) is 0 Å². The van der Waals surface area contributed by atoms with Gasteiger partial charge in [0.2, 0.25) is 5.24 Å². The van der Waals surface area contributed by atoms with E-state index < -0.39 is 0 Å². The number of ether oxygens (including phenoxy) is 3. The Morgan fingerprint density at radius 3 is 2.24 bits per heavy atom. The lowest BCUT2D eigenvalue weighted by Crippen LogP contribution is -2.42. The van der Waals surface area contributed by atoms with Gasteiger partial charge in [-0.15, -0.1) is 0 Å². The van der Waals surface area contributed by atoms with Crippen molar-refractivity contribution in [3.05, 3.63) is 48.5 Å². The number of benzene rings is 2. The predicted molar refractivity (Wildman–Crippen MR) is 128 cm³/mol. The molecule has 0 bridgehead atoms. The zero-order valence-electron chi connectivity index (χ0n) is 18.9. The Balaban J connectivity index is 0.000000709. The molecule has 2 N–H and O–H groups in total. The highest BCUT2D eigenvalue weighted by molar-refractivity contribution is 6.62. The van der Waals surface area contributed by atoms with Crippen LogP contribution in [0.4, 0.5) is 16.2 Å². The maximum Gasteiger partial charge on any atom is 0.414 e. The summed E-state index contributed by atoms with van der Waals surface area (Å²) in [6, 6.07) is 15.0. The molecule has 2 aliphatic rings. The van der Waals surface area contributed by atoms with Crippen LogP contribution in [0.3, 0.4) is 0 Å². The highest BCUT2D eigenvalue weighted by atomic mass is 35.5. The molecule has 0 saturated carbocycles. The van der Waals surface area contributed by atoms with Crippen molar-refractivity contribution in [2.75, 3.05) is 43.9 Å². The molecule has 9 heteroatoms. The number of rotatable bonds is 6. The van der Waals surface area contributed by atoms with Crippen LogP contribution in [0.5, 0.6) is 11.5 Å². The number of piperidine rings is 1. The van der Waals surface area contributed by atoms with Gasteiger partial charge in [0.25, 0.3) is 0 Å². The first-order chi connectivity index (χ1) is 15.8. The molecular formula is C24H30ClN3O5. The minimum atomic E-state index is -0.361. The molecule has 0 aliphatic carbocycles. The fourth-order valence-electron chi connectivity index (χ4n) is 3.83. The molecule has 2 aliphatic heterocycles. The van der Waals surface area contributed by atoms with Crippen molar-refractivity contribution < 1.29 is 23.8 Å². The minimum absolute atomic E-state index is 0.126. The van der Waals surface area contributed by atoms with Crippen molar-refractivity contribution in [3.8, 4) is 11.5 Å². The van der Waals surface area contributed by atoms with E-state index in [1.807, 2.05) is 48.5 Å². The van der Waals surface area contributed by atoms with Crippen LogP contribution in [0.15, 0.2) is 48.5 Å². The van der Waals surface area contributed by atoms with Crippen molar-refractivity contribution in [1.82, 2.24) is 4.90 Å². The van der Waals surface area contributed by atoms with E-state index in [-0.39, 0.29) is 23.5 Å². The van der Waals surface area contributed by atoms with E-state index >= 15 is 0 Å². The summed E-state index contributed by atoms with van der Waals surface area (Å²) in [7, 11) is 1.62. The smallest absolute Gasteiger partial charge is 0.414 e. The number of nitrogen functional groups attached to an aromatic ring is 1. The monoisotopic (exact) mass is 475 g/mol. The van der Waals surface area contributed by atoms with Crippen LogP contribution in [-0.4, -0.2) is 61.7 Å². The van der Waals surface area contributed by atoms with E-state index in [1.165, 1.54) is 6.92 Å². The summed E-state index contributed by atoms with van der Waals surface area (Å²) in [6.07, 6.45) is 1.69. The maximum atomic E-state index is 12.3. The van der Waals surface area contributed by atoms with Gasteiger partial charge in [-0.3, -0.25) is 14.6 Å². The second kappa shape index (κ2) is 11.8. The molecule has 2 saturated heterocycles. The molecule has 1 atom stereocenters. The van der Waals surface area contributed by atoms with Gasteiger partial charge in [0.15, 0.2) is 0 Å². The Labute approximate surface area is 199 Å². The van der Waals surface area contributed by atoms with Crippen LogP contribution >= 0.6 is 11.6 Å². The summed E-state index contributed by atoms with van der Waals surface area (Å²) in [5, 5.41) is -0.361. The second-order valence-electron chi connectivity index (χ2n) is 7.97. The highest BCUT2D eigenvalue weighted by Crippen LogP contribution is 2.25. The zero-order valence-corrected chi connectivity index (χ0v) is 19.7. The molecule has 178 valence electrons. The average Bonchev–Trinajstić information content (AvgIpc) is 3.16. The van der Waals surface area contributed by atoms with E-state index in [2.05, 4.69) is 16.5 Å². The van der Waals surface area contributed by atoms with E-state index in [1.54, 1.807) is 12.0 Å². The molecule has 0 radical (unpaired) electrons. The summed E-state index contributed by atoms with van der Waals surface area (Å²) in [5.41, 5.74) is 7.28. The number of hydrogen-bond donors (Lipinski definition) is 1. The van der Waals surface area contributed by atoms with Gasteiger partial charge in [-0.05, 0) is 73.0 Å². The topological polar surface area (TPSA) is 94.3 Å². The number of halogens is 1. The van der Waals surface area contributed by atoms with Crippen LogP contribution in [0.1, 0.15) is 19.8 Å². The van der Waals surface area contributed by atoms with Crippen LogP contribution in [0.25, 0.3) is 0 Å². The fraction of sp³-hybridized carbons (Fsp3) is 0.417. The third kappa shape index (κ3) is 7.54. The van der Waals surface area contributed by atoms with Gasteiger partial charge in [0.05, 0.1) is 13.7 Å². The van der Waals surface area contributed by atoms with Gasteiger partial charge < -0.3 is 19.9 Å². The van der Waals surface area contributed by atoms with Gasteiger partial charge in [-0.25, -0.2) is 4.79 Å². The molecule has 2 fully saturated rings. The van der Waals surface area contributed by atoms with Gasteiger partial charge in [-0.1, -0.05) is 0 Å². The van der Waals surface area contributed by atoms with Crippen molar-refractivity contribution in [1.29, 1.82) is 0 Å². The fourth-order valence-corrected chi connectivity index (χ4v) is 3.83. The summed E-state index contributed by atoms with van der Waals surface area (Å²) in [5.74, 6) is 1.62. The van der Waals surface area contributed by atoms with E-state index in [0.29, 0.717) is 6.54 Å². The summed E-state index contributed by atoms with van der Waals surface area (Å²) in [6.45, 7) is 4.45. The lowest BCUT2D eigenvalue weighted by molar-refractivity contribution is -0.109. The average molecular weight is 476 g/mol. The standard InChI is InChI=1S/C22H27N3O4.C2H3ClO/c1-27-18-8-4-17(5-9-18)25-15-21(29-22(25)26)14-24-12-10-20(11-13-24)28-19-6-2-16(23)3-7-19;1-2(3)4/h2-9,20-21H,10-15,23H2,1H3;1H3/t21-;/m0./s1. The van der Waals surface area contributed by atoms with Gasteiger partial charge >= 0.3 is 6.09 Å². The molecule has 1 amide bonds. The van der Waals surface area contributed by atoms with Gasteiger partial charge in [0, 0.05) is 37.9 Å². The Morgan fingerprint density at radius 2 is 1.67 bits per heavy atom. The van der Waals surface area contributed by atoms with Crippen molar-refractivity contribution in [2.45, 2.75) is 32.0 Å². The zero-order chi connectivity index (χ0) is 23.8. The minimum Gasteiger partial charge on any atom is -0.497 e. The van der Waals surface area contributed by atoms with Gasteiger partial charge in [-0.2, -0.15) is 0 Å².